The number of hydrogen-bond acceptors (Lipinski definition) is 2. The molecule has 0 spiro atoms. The summed E-state index contributed by atoms with van der Waals surface area (Å²) in [4.78, 5) is 1.09. The van der Waals surface area contributed by atoms with Crippen molar-refractivity contribution in [2.45, 2.75) is 25.3 Å². The van der Waals surface area contributed by atoms with Gasteiger partial charge in [-0.3, -0.25) is 0 Å². The van der Waals surface area contributed by atoms with Crippen LogP contribution in [0.3, 0.4) is 0 Å². The fourth-order valence-corrected chi connectivity index (χ4v) is 3.41. The standard InChI is InChI=1S/C14H16ClNS/c1-2-14(16,13-12(15)8-9-17-13)10-11-6-4-3-5-7-11/h3-9H,2,10,16H2,1H3. The molecule has 17 heavy (non-hydrogen) atoms. The Morgan fingerprint density at radius 2 is 1.94 bits per heavy atom. The summed E-state index contributed by atoms with van der Waals surface area (Å²) in [6, 6.07) is 12.2. The summed E-state index contributed by atoms with van der Waals surface area (Å²) >= 11 is 7.84. The first-order chi connectivity index (χ1) is 8.15. The summed E-state index contributed by atoms with van der Waals surface area (Å²) in [7, 11) is 0. The number of hydrogen-bond donors (Lipinski definition) is 1. The Balaban J connectivity index is 2.30. The van der Waals surface area contributed by atoms with E-state index in [0.29, 0.717) is 0 Å². The molecule has 0 aliphatic rings. The molecular formula is C14H16ClNS. The smallest absolute Gasteiger partial charge is 0.0564 e. The summed E-state index contributed by atoms with van der Waals surface area (Å²) < 4.78 is 0. The van der Waals surface area contributed by atoms with Crippen LogP contribution in [0.1, 0.15) is 23.8 Å². The Morgan fingerprint density at radius 1 is 1.24 bits per heavy atom. The molecule has 1 unspecified atom stereocenters. The first kappa shape index (κ1) is 12.6. The van der Waals surface area contributed by atoms with Gasteiger partial charge in [-0.05, 0) is 29.9 Å². The highest BCUT2D eigenvalue weighted by atomic mass is 35.5. The van der Waals surface area contributed by atoms with Crippen LogP contribution in [0.25, 0.3) is 0 Å². The molecule has 0 saturated heterocycles. The van der Waals surface area contributed by atoms with Crippen molar-refractivity contribution >= 4 is 22.9 Å². The summed E-state index contributed by atoms with van der Waals surface area (Å²) in [5, 5.41) is 2.79. The fourth-order valence-electron chi connectivity index (χ4n) is 1.97. The van der Waals surface area contributed by atoms with Crippen LogP contribution in [0.15, 0.2) is 41.8 Å². The lowest BCUT2D eigenvalue weighted by molar-refractivity contribution is 0.434. The van der Waals surface area contributed by atoms with E-state index < -0.39 is 0 Å². The summed E-state index contributed by atoms with van der Waals surface area (Å²) in [6.45, 7) is 2.11. The van der Waals surface area contributed by atoms with Crippen LogP contribution < -0.4 is 5.73 Å². The van der Waals surface area contributed by atoms with Gasteiger partial charge in [-0.1, -0.05) is 48.9 Å². The molecule has 0 aliphatic carbocycles. The van der Waals surface area contributed by atoms with Crippen LogP contribution in [-0.2, 0) is 12.0 Å². The lowest BCUT2D eigenvalue weighted by atomic mass is 9.88. The van der Waals surface area contributed by atoms with E-state index in [4.69, 9.17) is 17.3 Å². The zero-order valence-electron chi connectivity index (χ0n) is 9.82. The van der Waals surface area contributed by atoms with E-state index in [1.54, 1.807) is 11.3 Å². The highest BCUT2D eigenvalue weighted by Gasteiger charge is 2.29. The van der Waals surface area contributed by atoms with E-state index in [1.165, 1.54) is 5.56 Å². The SMILES string of the molecule is CCC(N)(Cc1ccccc1)c1sccc1Cl. The second kappa shape index (κ2) is 5.21. The van der Waals surface area contributed by atoms with E-state index >= 15 is 0 Å². The molecule has 1 nitrogen and oxygen atoms in total. The van der Waals surface area contributed by atoms with E-state index in [2.05, 4.69) is 19.1 Å². The van der Waals surface area contributed by atoms with Crippen molar-refractivity contribution in [2.24, 2.45) is 5.73 Å². The van der Waals surface area contributed by atoms with Gasteiger partial charge in [0.1, 0.15) is 0 Å². The lowest BCUT2D eigenvalue weighted by Crippen LogP contribution is -2.37. The van der Waals surface area contributed by atoms with Crippen molar-refractivity contribution in [1.29, 1.82) is 0 Å². The van der Waals surface area contributed by atoms with Gasteiger partial charge in [0.2, 0.25) is 0 Å². The topological polar surface area (TPSA) is 26.0 Å². The minimum Gasteiger partial charge on any atom is -0.320 e. The average Bonchev–Trinajstić information content (AvgIpc) is 2.77. The number of halogens is 1. The predicted molar refractivity (Wildman–Crippen MR) is 75.6 cm³/mol. The summed E-state index contributed by atoms with van der Waals surface area (Å²) in [5.74, 6) is 0. The van der Waals surface area contributed by atoms with E-state index in [0.717, 1.165) is 22.7 Å². The normalized spacial score (nSPS) is 14.5. The van der Waals surface area contributed by atoms with Crippen molar-refractivity contribution in [1.82, 2.24) is 0 Å². The van der Waals surface area contributed by atoms with Crippen molar-refractivity contribution in [3.8, 4) is 0 Å². The fraction of sp³-hybridized carbons (Fsp3) is 0.286. The first-order valence-corrected chi connectivity index (χ1v) is 6.98. The third kappa shape index (κ3) is 2.71. The van der Waals surface area contributed by atoms with Crippen LogP contribution in [-0.4, -0.2) is 0 Å². The molecule has 1 aromatic heterocycles. The zero-order valence-corrected chi connectivity index (χ0v) is 11.4. The van der Waals surface area contributed by atoms with Crippen molar-refractivity contribution in [3.05, 3.63) is 57.2 Å². The maximum Gasteiger partial charge on any atom is 0.0564 e. The molecule has 2 aromatic rings. The average molecular weight is 266 g/mol. The van der Waals surface area contributed by atoms with Crippen molar-refractivity contribution in [2.75, 3.05) is 0 Å². The van der Waals surface area contributed by atoms with E-state index in [-0.39, 0.29) is 5.54 Å². The molecule has 0 fully saturated rings. The minimum atomic E-state index is -0.355. The molecule has 0 saturated carbocycles. The highest BCUT2D eigenvalue weighted by molar-refractivity contribution is 7.10. The van der Waals surface area contributed by atoms with Crippen LogP contribution >= 0.6 is 22.9 Å². The quantitative estimate of drug-likeness (QED) is 0.881. The lowest BCUT2D eigenvalue weighted by Gasteiger charge is -2.27. The molecule has 1 aromatic carbocycles. The first-order valence-electron chi connectivity index (χ1n) is 5.72. The van der Waals surface area contributed by atoms with Gasteiger partial charge in [0.15, 0.2) is 0 Å². The molecule has 1 heterocycles. The van der Waals surface area contributed by atoms with Crippen LogP contribution in [0.4, 0.5) is 0 Å². The third-order valence-electron chi connectivity index (χ3n) is 3.06. The monoisotopic (exact) mass is 265 g/mol. The third-order valence-corrected chi connectivity index (χ3v) is 4.62. The second-order valence-corrected chi connectivity index (χ2v) is 5.59. The molecule has 2 N–H and O–H groups in total. The number of thiophene rings is 1. The molecule has 3 heteroatoms. The molecule has 0 amide bonds. The molecule has 2 rings (SSSR count). The van der Waals surface area contributed by atoms with Gasteiger partial charge in [-0.25, -0.2) is 0 Å². The number of rotatable bonds is 4. The zero-order chi connectivity index (χ0) is 12.3. The predicted octanol–water partition coefficient (Wildman–Crippen LogP) is 4.21. The van der Waals surface area contributed by atoms with Crippen LogP contribution in [0, 0.1) is 0 Å². The minimum absolute atomic E-state index is 0.355. The Labute approximate surface area is 111 Å². The highest BCUT2D eigenvalue weighted by Crippen LogP contribution is 2.35. The molecule has 1 atom stereocenters. The maximum atomic E-state index is 6.52. The summed E-state index contributed by atoms with van der Waals surface area (Å²) in [5.41, 5.74) is 7.42. The van der Waals surface area contributed by atoms with Gasteiger partial charge in [0.05, 0.1) is 10.6 Å². The van der Waals surface area contributed by atoms with E-state index in [1.807, 2.05) is 29.6 Å². The van der Waals surface area contributed by atoms with Gasteiger partial charge >= 0.3 is 0 Å². The van der Waals surface area contributed by atoms with Crippen molar-refractivity contribution < 1.29 is 0 Å². The van der Waals surface area contributed by atoms with Crippen LogP contribution in [0.2, 0.25) is 5.02 Å². The molecule has 0 bridgehead atoms. The Hall–Kier alpha value is -0.830. The van der Waals surface area contributed by atoms with Gasteiger partial charge in [0, 0.05) is 4.88 Å². The largest absolute Gasteiger partial charge is 0.320 e. The van der Waals surface area contributed by atoms with Gasteiger partial charge in [-0.2, -0.15) is 0 Å². The van der Waals surface area contributed by atoms with Crippen LogP contribution in [0.5, 0.6) is 0 Å². The summed E-state index contributed by atoms with van der Waals surface area (Å²) in [6.07, 6.45) is 1.70. The van der Waals surface area contributed by atoms with Gasteiger partial charge < -0.3 is 5.73 Å². The van der Waals surface area contributed by atoms with Gasteiger partial charge in [-0.15, -0.1) is 11.3 Å². The molecule has 90 valence electrons. The Bertz CT molecular complexity index is 480. The number of benzene rings is 1. The Morgan fingerprint density at radius 3 is 2.47 bits per heavy atom. The molecule has 0 aliphatic heterocycles. The molecular weight excluding hydrogens is 250 g/mol. The van der Waals surface area contributed by atoms with Gasteiger partial charge in [0.25, 0.3) is 0 Å². The van der Waals surface area contributed by atoms with E-state index in [9.17, 15) is 0 Å². The maximum absolute atomic E-state index is 6.52. The number of nitrogens with two attached hydrogens (primary N) is 1. The second-order valence-electron chi connectivity index (χ2n) is 4.27. The van der Waals surface area contributed by atoms with Crippen molar-refractivity contribution in [3.63, 3.8) is 0 Å². The Kier molecular flexibility index (Phi) is 3.87. The molecule has 0 radical (unpaired) electrons.